The molecule has 2 heterocycles. The number of aryl methyl sites for hydroxylation is 2. The third kappa shape index (κ3) is 2.06. The van der Waals surface area contributed by atoms with Crippen molar-refractivity contribution in [2.45, 2.75) is 39.8 Å². The minimum Gasteiger partial charge on any atom is -0.309 e. The fraction of sp³-hybridized carbons (Fsp3) is 0.375. The number of rotatable bonds is 1. The molecule has 5 nitrogen and oxygen atoms in total. The number of anilines is 1. The number of benzene rings is 1. The Morgan fingerprint density at radius 1 is 1.36 bits per heavy atom. The van der Waals surface area contributed by atoms with Crippen LogP contribution in [0.15, 0.2) is 18.3 Å². The van der Waals surface area contributed by atoms with Gasteiger partial charge in [0.15, 0.2) is 0 Å². The lowest BCUT2D eigenvalue weighted by Gasteiger charge is -2.32. The van der Waals surface area contributed by atoms with Crippen molar-refractivity contribution in [1.29, 1.82) is 0 Å². The van der Waals surface area contributed by atoms with Gasteiger partial charge in [0.2, 0.25) is 0 Å². The molecule has 1 aromatic carbocycles. The predicted molar refractivity (Wildman–Crippen MR) is 82.0 cm³/mol. The molecule has 2 amide bonds. The number of amides is 2. The molecule has 0 radical (unpaired) electrons. The van der Waals surface area contributed by atoms with Crippen molar-refractivity contribution >= 4 is 11.7 Å². The Bertz CT molecular complexity index is 751. The van der Waals surface area contributed by atoms with Gasteiger partial charge in [0.25, 0.3) is 0 Å². The van der Waals surface area contributed by atoms with E-state index < -0.39 is 5.54 Å². The van der Waals surface area contributed by atoms with E-state index >= 15 is 0 Å². The maximum absolute atomic E-state index is 14.3. The first-order valence-electron chi connectivity index (χ1n) is 7.19. The maximum Gasteiger partial charge on any atom is 0.323 e. The molecule has 1 aliphatic rings. The SMILES string of the molecule is Cc1ccc(C)c(NC(=O)N2Cc3cn[nH]c3C2(C)C)c1F. The molecule has 116 valence electrons. The summed E-state index contributed by atoms with van der Waals surface area (Å²) < 4.78 is 14.3. The quantitative estimate of drug-likeness (QED) is 0.847. The number of urea groups is 1. The Balaban J connectivity index is 1.88. The van der Waals surface area contributed by atoms with Gasteiger partial charge in [0.05, 0.1) is 29.7 Å². The van der Waals surface area contributed by atoms with Crippen LogP contribution in [0.25, 0.3) is 0 Å². The monoisotopic (exact) mass is 302 g/mol. The molecule has 0 spiro atoms. The van der Waals surface area contributed by atoms with Crippen molar-refractivity contribution in [2.75, 3.05) is 5.32 Å². The third-order valence-electron chi connectivity index (χ3n) is 4.35. The van der Waals surface area contributed by atoms with E-state index in [1.54, 1.807) is 37.1 Å². The first kappa shape index (κ1) is 14.6. The molecule has 22 heavy (non-hydrogen) atoms. The molecule has 0 atom stereocenters. The average molecular weight is 302 g/mol. The van der Waals surface area contributed by atoms with E-state index in [4.69, 9.17) is 0 Å². The summed E-state index contributed by atoms with van der Waals surface area (Å²) in [7, 11) is 0. The molecule has 6 heteroatoms. The number of aromatic amines is 1. The number of hydrogen-bond donors (Lipinski definition) is 2. The van der Waals surface area contributed by atoms with Crippen molar-refractivity contribution in [2.24, 2.45) is 0 Å². The van der Waals surface area contributed by atoms with E-state index in [9.17, 15) is 9.18 Å². The van der Waals surface area contributed by atoms with Crippen LogP contribution in [0.2, 0.25) is 0 Å². The van der Waals surface area contributed by atoms with Crippen LogP contribution in [0.3, 0.4) is 0 Å². The minimum atomic E-state index is -0.510. The van der Waals surface area contributed by atoms with Crippen LogP contribution in [-0.4, -0.2) is 21.1 Å². The van der Waals surface area contributed by atoms with Crippen LogP contribution < -0.4 is 5.32 Å². The topological polar surface area (TPSA) is 61.0 Å². The van der Waals surface area contributed by atoms with Gasteiger partial charge in [-0.05, 0) is 38.8 Å². The highest BCUT2D eigenvalue weighted by molar-refractivity contribution is 5.91. The molecule has 0 aliphatic carbocycles. The van der Waals surface area contributed by atoms with E-state index in [0.29, 0.717) is 17.7 Å². The van der Waals surface area contributed by atoms with Crippen LogP contribution in [-0.2, 0) is 12.1 Å². The maximum atomic E-state index is 14.3. The minimum absolute atomic E-state index is 0.245. The predicted octanol–water partition coefficient (Wildman–Crippen LogP) is 3.45. The van der Waals surface area contributed by atoms with Gasteiger partial charge in [-0.15, -0.1) is 0 Å². The normalized spacial score (nSPS) is 15.8. The van der Waals surface area contributed by atoms with Gasteiger partial charge in [-0.3, -0.25) is 5.10 Å². The second-order valence-electron chi connectivity index (χ2n) is 6.23. The van der Waals surface area contributed by atoms with Crippen molar-refractivity contribution in [1.82, 2.24) is 15.1 Å². The molecular weight excluding hydrogens is 283 g/mol. The molecule has 1 aromatic heterocycles. The molecule has 0 saturated heterocycles. The van der Waals surface area contributed by atoms with E-state index in [-0.39, 0.29) is 17.5 Å². The van der Waals surface area contributed by atoms with Crippen molar-refractivity contribution in [3.8, 4) is 0 Å². The molecular formula is C16H19FN4O. The first-order chi connectivity index (χ1) is 10.3. The smallest absolute Gasteiger partial charge is 0.309 e. The fourth-order valence-corrected chi connectivity index (χ4v) is 2.89. The van der Waals surface area contributed by atoms with Crippen LogP contribution in [0.4, 0.5) is 14.9 Å². The number of carbonyl (C=O) groups excluding carboxylic acids is 1. The number of nitrogens with one attached hydrogen (secondary N) is 2. The van der Waals surface area contributed by atoms with E-state index in [2.05, 4.69) is 15.5 Å². The van der Waals surface area contributed by atoms with Crippen LogP contribution in [0, 0.1) is 19.7 Å². The second-order valence-corrected chi connectivity index (χ2v) is 6.23. The fourth-order valence-electron chi connectivity index (χ4n) is 2.89. The van der Waals surface area contributed by atoms with Gasteiger partial charge in [0, 0.05) is 5.56 Å². The molecule has 0 bridgehead atoms. The van der Waals surface area contributed by atoms with E-state index in [0.717, 1.165) is 11.3 Å². The van der Waals surface area contributed by atoms with Gasteiger partial charge in [-0.1, -0.05) is 12.1 Å². The lowest BCUT2D eigenvalue weighted by atomic mass is 10.0. The highest BCUT2D eigenvalue weighted by Crippen LogP contribution is 2.37. The van der Waals surface area contributed by atoms with Gasteiger partial charge in [0.1, 0.15) is 5.82 Å². The van der Waals surface area contributed by atoms with Gasteiger partial charge in [-0.2, -0.15) is 5.10 Å². The Kier molecular flexibility index (Phi) is 3.20. The van der Waals surface area contributed by atoms with E-state index in [1.165, 1.54) is 0 Å². The molecule has 0 saturated carbocycles. The largest absolute Gasteiger partial charge is 0.323 e. The Morgan fingerprint density at radius 2 is 2.05 bits per heavy atom. The zero-order valence-corrected chi connectivity index (χ0v) is 13.1. The highest BCUT2D eigenvalue weighted by atomic mass is 19.1. The number of hydrogen-bond acceptors (Lipinski definition) is 2. The van der Waals surface area contributed by atoms with Crippen molar-refractivity contribution in [3.05, 3.63) is 46.5 Å². The Hall–Kier alpha value is -2.37. The average Bonchev–Trinajstić information content (AvgIpc) is 3.02. The van der Waals surface area contributed by atoms with Crippen LogP contribution in [0.5, 0.6) is 0 Å². The number of halogens is 1. The zero-order chi connectivity index (χ0) is 16.1. The Labute approximate surface area is 128 Å². The lowest BCUT2D eigenvalue weighted by molar-refractivity contribution is 0.154. The molecule has 2 N–H and O–H groups in total. The molecule has 2 aromatic rings. The van der Waals surface area contributed by atoms with E-state index in [1.807, 2.05) is 13.8 Å². The summed E-state index contributed by atoms with van der Waals surface area (Å²) in [6.07, 6.45) is 1.73. The molecule has 0 fully saturated rings. The number of carbonyl (C=O) groups is 1. The highest BCUT2D eigenvalue weighted by Gasteiger charge is 2.42. The summed E-state index contributed by atoms with van der Waals surface area (Å²) in [6.45, 7) is 7.80. The summed E-state index contributed by atoms with van der Waals surface area (Å²) in [5, 5.41) is 9.68. The standard InChI is InChI=1S/C16H19FN4O/c1-9-5-6-10(2)13(12(9)17)19-15(22)21-8-11-7-18-20-14(11)16(21,3)4/h5-7H,8H2,1-4H3,(H,18,20)(H,19,22). The summed E-state index contributed by atoms with van der Waals surface area (Å²) in [5.74, 6) is -0.384. The zero-order valence-electron chi connectivity index (χ0n) is 13.1. The first-order valence-corrected chi connectivity index (χ1v) is 7.19. The molecule has 0 unspecified atom stereocenters. The van der Waals surface area contributed by atoms with Crippen LogP contribution >= 0.6 is 0 Å². The third-order valence-corrected chi connectivity index (χ3v) is 4.35. The molecule has 3 rings (SSSR count). The molecule has 1 aliphatic heterocycles. The van der Waals surface area contributed by atoms with Gasteiger partial charge >= 0.3 is 6.03 Å². The number of aromatic nitrogens is 2. The van der Waals surface area contributed by atoms with Crippen molar-refractivity contribution < 1.29 is 9.18 Å². The second kappa shape index (κ2) is 4.83. The summed E-state index contributed by atoms with van der Waals surface area (Å²) in [5.41, 5.74) is 2.86. The summed E-state index contributed by atoms with van der Waals surface area (Å²) in [4.78, 5) is 14.3. The van der Waals surface area contributed by atoms with Gasteiger partial charge < -0.3 is 10.2 Å². The number of fused-ring (bicyclic) bond motifs is 1. The number of H-pyrrole nitrogens is 1. The van der Waals surface area contributed by atoms with Crippen LogP contribution in [0.1, 0.15) is 36.2 Å². The van der Waals surface area contributed by atoms with Gasteiger partial charge in [-0.25, -0.2) is 9.18 Å². The summed E-state index contributed by atoms with van der Waals surface area (Å²) >= 11 is 0. The summed E-state index contributed by atoms with van der Waals surface area (Å²) in [6, 6.07) is 3.19. The lowest BCUT2D eigenvalue weighted by Crippen LogP contribution is -2.43. The van der Waals surface area contributed by atoms with Crippen molar-refractivity contribution in [3.63, 3.8) is 0 Å². The Morgan fingerprint density at radius 3 is 2.73 bits per heavy atom. The number of nitrogens with zero attached hydrogens (tertiary/aromatic N) is 2.